The molecule has 0 aliphatic carbocycles. The molecule has 0 bridgehead atoms. The van der Waals surface area contributed by atoms with E-state index in [0.717, 1.165) is 0 Å². The van der Waals surface area contributed by atoms with Crippen LogP contribution >= 0.6 is 0 Å². The van der Waals surface area contributed by atoms with E-state index in [-0.39, 0.29) is 16.9 Å². The summed E-state index contributed by atoms with van der Waals surface area (Å²) in [5, 5.41) is 17.6. The van der Waals surface area contributed by atoms with E-state index in [1.54, 1.807) is 12.1 Å². The summed E-state index contributed by atoms with van der Waals surface area (Å²) in [5.74, 6) is 0.344. The van der Waals surface area contributed by atoms with Crippen molar-refractivity contribution in [3.05, 3.63) is 24.0 Å². The number of alkyl halides is 2. The van der Waals surface area contributed by atoms with Gasteiger partial charge in [-0.2, -0.15) is 20.0 Å². The van der Waals surface area contributed by atoms with Gasteiger partial charge in [-0.15, -0.1) is 5.10 Å². The van der Waals surface area contributed by atoms with E-state index < -0.39 is 12.1 Å². The van der Waals surface area contributed by atoms with Crippen LogP contribution in [0.5, 0.6) is 0 Å². The molecular weight excluding hydrogens is 244 g/mol. The lowest BCUT2D eigenvalue weighted by atomic mass is 10.3. The number of halogens is 2. The van der Waals surface area contributed by atoms with Gasteiger partial charge in [-0.25, -0.2) is 8.78 Å². The number of hydrogen-bond acceptors (Lipinski definition) is 5. The van der Waals surface area contributed by atoms with Crippen molar-refractivity contribution in [3.8, 4) is 5.82 Å². The van der Waals surface area contributed by atoms with Crippen molar-refractivity contribution in [2.75, 3.05) is 5.73 Å². The van der Waals surface area contributed by atoms with Gasteiger partial charge in [0, 0.05) is 6.20 Å². The molecule has 0 aliphatic rings. The van der Waals surface area contributed by atoms with Crippen molar-refractivity contribution in [1.29, 1.82) is 0 Å². The number of nitrogens with zero attached hydrogens (tertiary/aromatic N) is 5. The predicted octanol–water partition coefficient (Wildman–Crippen LogP) is 1.06. The van der Waals surface area contributed by atoms with Gasteiger partial charge in [-0.1, -0.05) is 0 Å². The van der Waals surface area contributed by atoms with Crippen molar-refractivity contribution < 1.29 is 8.78 Å². The standard InChI is InChI=1S/C9H7F2N7/c10-7(11)6-5-8(12)15-16-9(5)18(17-6)4-2-1-3-13-14-4/h1-3,7H,(H3,12,15,16). The number of nitrogen functional groups attached to an aromatic ring is 1. The molecule has 0 atom stereocenters. The van der Waals surface area contributed by atoms with Crippen LogP contribution in [0.25, 0.3) is 16.9 Å². The van der Waals surface area contributed by atoms with Crippen LogP contribution in [-0.2, 0) is 0 Å². The molecule has 7 nitrogen and oxygen atoms in total. The van der Waals surface area contributed by atoms with Crippen LogP contribution in [-0.4, -0.2) is 30.2 Å². The fourth-order valence-electron chi connectivity index (χ4n) is 1.68. The average Bonchev–Trinajstić information content (AvgIpc) is 2.92. The molecule has 0 spiro atoms. The molecule has 0 fully saturated rings. The van der Waals surface area contributed by atoms with Gasteiger partial charge in [-0.3, -0.25) is 5.10 Å². The zero-order valence-electron chi connectivity index (χ0n) is 8.88. The second kappa shape index (κ2) is 3.72. The molecule has 0 saturated heterocycles. The third-order valence-corrected chi connectivity index (χ3v) is 2.42. The number of nitrogens with two attached hydrogens (primary N) is 1. The van der Waals surface area contributed by atoms with E-state index in [0.29, 0.717) is 5.82 Å². The van der Waals surface area contributed by atoms with E-state index in [1.807, 2.05) is 0 Å². The highest BCUT2D eigenvalue weighted by atomic mass is 19.3. The first kappa shape index (κ1) is 10.6. The highest BCUT2D eigenvalue weighted by Crippen LogP contribution is 2.30. The first-order chi connectivity index (χ1) is 8.68. The number of aromatic amines is 1. The van der Waals surface area contributed by atoms with Gasteiger partial charge in [0.15, 0.2) is 11.5 Å². The molecule has 0 radical (unpaired) electrons. The largest absolute Gasteiger partial charge is 0.383 e. The Morgan fingerprint density at radius 1 is 1.39 bits per heavy atom. The Kier molecular flexibility index (Phi) is 2.18. The van der Waals surface area contributed by atoms with Crippen molar-refractivity contribution in [3.63, 3.8) is 0 Å². The molecule has 3 rings (SSSR count). The van der Waals surface area contributed by atoms with Gasteiger partial charge in [-0.05, 0) is 12.1 Å². The van der Waals surface area contributed by atoms with Gasteiger partial charge in [0.1, 0.15) is 11.5 Å². The molecule has 0 amide bonds. The summed E-state index contributed by atoms with van der Waals surface area (Å²) in [4.78, 5) is 0. The Bertz CT molecular complexity index is 688. The fraction of sp³-hybridized carbons (Fsp3) is 0.111. The maximum atomic E-state index is 12.9. The van der Waals surface area contributed by atoms with Gasteiger partial charge in [0.05, 0.1) is 5.39 Å². The van der Waals surface area contributed by atoms with Crippen LogP contribution in [0.15, 0.2) is 18.3 Å². The number of H-pyrrole nitrogens is 1. The molecule has 0 saturated carbocycles. The minimum absolute atomic E-state index is 0.0513. The Labute approximate surface area is 98.6 Å². The summed E-state index contributed by atoms with van der Waals surface area (Å²) in [5.41, 5.74) is 5.33. The van der Waals surface area contributed by atoms with Crippen molar-refractivity contribution in [1.82, 2.24) is 30.2 Å². The number of fused-ring (bicyclic) bond motifs is 1. The van der Waals surface area contributed by atoms with E-state index in [2.05, 4.69) is 25.5 Å². The number of nitrogens with one attached hydrogen (secondary N) is 1. The van der Waals surface area contributed by atoms with E-state index in [1.165, 1.54) is 10.9 Å². The maximum Gasteiger partial charge on any atom is 0.282 e. The van der Waals surface area contributed by atoms with Crippen molar-refractivity contribution in [2.24, 2.45) is 0 Å². The normalized spacial score (nSPS) is 11.5. The lowest BCUT2D eigenvalue weighted by Crippen LogP contribution is -2.02. The van der Waals surface area contributed by atoms with Crippen LogP contribution in [0.2, 0.25) is 0 Å². The van der Waals surface area contributed by atoms with E-state index in [9.17, 15) is 8.78 Å². The number of aromatic nitrogens is 6. The van der Waals surface area contributed by atoms with Crippen molar-refractivity contribution >= 4 is 16.9 Å². The topological polar surface area (TPSA) is 98.3 Å². The highest BCUT2D eigenvalue weighted by molar-refractivity contribution is 5.89. The Balaban J connectivity index is 2.31. The second-order valence-corrected chi connectivity index (χ2v) is 3.52. The zero-order chi connectivity index (χ0) is 12.7. The molecule has 3 N–H and O–H groups in total. The molecule has 0 aromatic carbocycles. The minimum Gasteiger partial charge on any atom is -0.383 e. The summed E-state index contributed by atoms with van der Waals surface area (Å²) in [6.07, 6.45) is -1.28. The van der Waals surface area contributed by atoms with Crippen LogP contribution in [0.1, 0.15) is 12.1 Å². The lowest BCUT2D eigenvalue weighted by Gasteiger charge is -1.98. The first-order valence-electron chi connectivity index (χ1n) is 4.97. The Morgan fingerprint density at radius 3 is 2.89 bits per heavy atom. The predicted molar refractivity (Wildman–Crippen MR) is 58.2 cm³/mol. The van der Waals surface area contributed by atoms with Crippen molar-refractivity contribution in [2.45, 2.75) is 6.43 Å². The molecule has 18 heavy (non-hydrogen) atoms. The Morgan fingerprint density at radius 2 is 2.22 bits per heavy atom. The third kappa shape index (κ3) is 1.40. The third-order valence-electron chi connectivity index (χ3n) is 2.42. The van der Waals surface area contributed by atoms with Gasteiger partial charge in [0.25, 0.3) is 6.43 Å². The number of anilines is 1. The van der Waals surface area contributed by atoms with Crippen LogP contribution in [0.3, 0.4) is 0 Å². The number of hydrogen-bond donors (Lipinski definition) is 2. The van der Waals surface area contributed by atoms with Crippen LogP contribution in [0, 0.1) is 0 Å². The lowest BCUT2D eigenvalue weighted by molar-refractivity contribution is 0.147. The monoisotopic (exact) mass is 251 g/mol. The maximum absolute atomic E-state index is 12.9. The zero-order valence-corrected chi connectivity index (χ0v) is 8.88. The molecule has 0 aliphatic heterocycles. The molecule has 3 aromatic heterocycles. The summed E-state index contributed by atoms with van der Waals surface area (Å²) in [7, 11) is 0. The van der Waals surface area contributed by atoms with Crippen LogP contribution < -0.4 is 5.73 Å². The molecule has 92 valence electrons. The summed E-state index contributed by atoms with van der Waals surface area (Å²) < 4.78 is 26.9. The van der Waals surface area contributed by atoms with E-state index >= 15 is 0 Å². The molecule has 9 heteroatoms. The summed E-state index contributed by atoms with van der Waals surface area (Å²) in [6, 6.07) is 3.20. The molecule has 3 aromatic rings. The second-order valence-electron chi connectivity index (χ2n) is 3.52. The molecule has 3 heterocycles. The van der Waals surface area contributed by atoms with Gasteiger partial charge in [0.2, 0.25) is 0 Å². The smallest absolute Gasteiger partial charge is 0.282 e. The minimum atomic E-state index is -2.75. The average molecular weight is 251 g/mol. The molecule has 0 unspecified atom stereocenters. The van der Waals surface area contributed by atoms with E-state index in [4.69, 9.17) is 5.73 Å². The highest BCUT2D eigenvalue weighted by Gasteiger charge is 2.24. The quantitative estimate of drug-likeness (QED) is 0.709. The summed E-state index contributed by atoms with van der Waals surface area (Å²) >= 11 is 0. The summed E-state index contributed by atoms with van der Waals surface area (Å²) in [6.45, 7) is 0. The van der Waals surface area contributed by atoms with Crippen LogP contribution in [0.4, 0.5) is 14.6 Å². The Hall–Kier alpha value is -2.58. The van der Waals surface area contributed by atoms with Gasteiger partial charge >= 0.3 is 0 Å². The fourth-order valence-corrected chi connectivity index (χ4v) is 1.68. The van der Waals surface area contributed by atoms with Gasteiger partial charge < -0.3 is 5.73 Å². The number of rotatable bonds is 2. The SMILES string of the molecule is Nc1[nH]nc2c1c(C(F)F)nn2-c1cccnn1. The first-order valence-corrected chi connectivity index (χ1v) is 4.97. The molecular formula is C9H7F2N7.